The zero-order chi connectivity index (χ0) is 13.5. The highest BCUT2D eigenvalue weighted by molar-refractivity contribution is 7.12. The van der Waals surface area contributed by atoms with E-state index in [0.29, 0.717) is 17.8 Å². The molecular weight excluding hydrogens is 266 g/mol. The van der Waals surface area contributed by atoms with Gasteiger partial charge in [-0.2, -0.15) is 0 Å². The summed E-state index contributed by atoms with van der Waals surface area (Å²) < 4.78 is 9.87. The quantitative estimate of drug-likeness (QED) is 0.651. The van der Waals surface area contributed by atoms with Crippen LogP contribution in [0.3, 0.4) is 0 Å². The minimum atomic E-state index is -0.491. The van der Waals surface area contributed by atoms with Crippen LogP contribution in [0.5, 0.6) is 0 Å². The van der Waals surface area contributed by atoms with Crippen molar-refractivity contribution in [2.75, 3.05) is 13.2 Å². The molecule has 100 valence electrons. The van der Waals surface area contributed by atoms with Crippen LogP contribution in [0.4, 0.5) is 0 Å². The van der Waals surface area contributed by atoms with Gasteiger partial charge in [0.1, 0.15) is 0 Å². The molecule has 1 amide bonds. The van der Waals surface area contributed by atoms with E-state index in [1.54, 1.807) is 18.2 Å². The van der Waals surface area contributed by atoms with Crippen molar-refractivity contribution in [3.63, 3.8) is 0 Å². The fourth-order valence-corrected chi connectivity index (χ4v) is 2.04. The molecule has 6 heteroatoms. The smallest absolute Gasteiger partial charge is 0.374 e. The third-order valence-corrected chi connectivity index (χ3v) is 3.18. The standard InChI is InChI=1S/C13H13NO4S/c15-12(11-5-2-9-19-11)14-6-3-8-18-13(16)10-4-1-7-17-10/h1-2,4-5,7,9H,3,6,8H2,(H,14,15). The van der Waals surface area contributed by atoms with Crippen LogP contribution >= 0.6 is 11.3 Å². The first-order chi connectivity index (χ1) is 9.27. The summed E-state index contributed by atoms with van der Waals surface area (Å²) in [5.41, 5.74) is 0. The fraction of sp³-hybridized carbons (Fsp3) is 0.231. The van der Waals surface area contributed by atoms with E-state index in [9.17, 15) is 9.59 Å². The van der Waals surface area contributed by atoms with Gasteiger partial charge in [0.25, 0.3) is 5.91 Å². The lowest BCUT2D eigenvalue weighted by molar-refractivity contribution is 0.0465. The largest absolute Gasteiger partial charge is 0.460 e. The molecule has 0 aliphatic rings. The van der Waals surface area contributed by atoms with E-state index in [4.69, 9.17) is 9.15 Å². The second-order valence-corrected chi connectivity index (χ2v) is 4.65. The van der Waals surface area contributed by atoms with Crippen molar-refractivity contribution in [2.45, 2.75) is 6.42 Å². The van der Waals surface area contributed by atoms with Crippen molar-refractivity contribution >= 4 is 23.2 Å². The topological polar surface area (TPSA) is 68.5 Å². The monoisotopic (exact) mass is 279 g/mol. The van der Waals surface area contributed by atoms with E-state index in [-0.39, 0.29) is 18.3 Å². The molecule has 0 aliphatic carbocycles. The minimum absolute atomic E-state index is 0.104. The highest BCUT2D eigenvalue weighted by atomic mass is 32.1. The van der Waals surface area contributed by atoms with Crippen LogP contribution in [0.2, 0.25) is 0 Å². The van der Waals surface area contributed by atoms with Crippen molar-refractivity contribution in [2.24, 2.45) is 0 Å². The van der Waals surface area contributed by atoms with Crippen LogP contribution in [0.1, 0.15) is 26.6 Å². The minimum Gasteiger partial charge on any atom is -0.460 e. The molecule has 0 unspecified atom stereocenters. The molecule has 0 aromatic carbocycles. The van der Waals surface area contributed by atoms with Crippen molar-refractivity contribution in [1.82, 2.24) is 5.32 Å². The molecule has 0 saturated carbocycles. The molecule has 0 aliphatic heterocycles. The van der Waals surface area contributed by atoms with E-state index >= 15 is 0 Å². The molecule has 0 bridgehead atoms. The number of thiophene rings is 1. The Hall–Kier alpha value is -2.08. The van der Waals surface area contributed by atoms with Crippen LogP contribution in [0.15, 0.2) is 40.3 Å². The molecule has 2 rings (SSSR count). The van der Waals surface area contributed by atoms with E-state index in [0.717, 1.165) is 0 Å². The van der Waals surface area contributed by atoms with Gasteiger partial charge in [0, 0.05) is 6.54 Å². The van der Waals surface area contributed by atoms with Gasteiger partial charge in [-0.1, -0.05) is 6.07 Å². The summed E-state index contributed by atoms with van der Waals surface area (Å²) in [6.45, 7) is 0.701. The Labute approximate surface area is 114 Å². The predicted octanol–water partition coefficient (Wildman–Crippen LogP) is 2.32. The second kappa shape index (κ2) is 6.75. The van der Waals surface area contributed by atoms with Crippen LogP contribution in [0.25, 0.3) is 0 Å². The van der Waals surface area contributed by atoms with Gasteiger partial charge in [-0.25, -0.2) is 4.79 Å². The lowest BCUT2D eigenvalue weighted by Crippen LogP contribution is -2.24. The van der Waals surface area contributed by atoms with Crippen LogP contribution in [-0.4, -0.2) is 25.0 Å². The summed E-state index contributed by atoms with van der Waals surface area (Å²) in [4.78, 5) is 23.6. The number of esters is 1. The Morgan fingerprint density at radius 2 is 2.21 bits per heavy atom. The predicted molar refractivity (Wildman–Crippen MR) is 70.3 cm³/mol. The lowest BCUT2D eigenvalue weighted by atomic mass is 10.4. The maximum atomic E-state index is 11.6. The number of furan rings is 1. The molecule has 0 atom stereocenters. The SMILES string of the molecule is O=C(OCCCNC(=O)c1cccs1)c1ccco1. The molecule has 1 N–H and O–H groups in total. The van der Waals surface area contributed by atoms with Crippen molar-refractivity contribution in [3.05, 3.63) is 46.5 Å². The summed E-state index contributed by atoms with van der Waals surface area (Å²) in [5, 5.41) is 4.60. The first-order valence-corrected chi connectivity index (χ1v) is 6.67. The zero-order valence-electron chi connectivity index (χ0n) is 10.1. The van der Waals surface area contributed by atoms with E-state index in [1.807, 2.05) is 11.4 Å². The number of rotatable bonds is 6. The van der Waals surface area contributed by atoms with Crippen LogP contribution in [-0.2, 0) is 4.74 Å². The van der Waals surface area contributed by atoms with Crippen molar-refractivity contribution in [3.8, 4) is 0 Å². The van der Waals surface area contributed by atoms with E-state index in [2.05, 4.69) is 5.32 Å². The Morgan fingerprint density at radius 1 is 1.32 bits per heavy atom. The molecule has 5 nitrogen and oxygen atoms in total. The van der Waals surface area contributed by atoms with Crippen LogP contribution in [0, 0.1) is 0 Å². The summed E-state index contributed by atoms with van der Waals surface area (Å²) in [7, 11) is 0. The third-order valence-electron chi connectivity index (χ3n) is 2.31. The Kier molecular flexibility index (Phi) is 4.74. The van der Waals surface area contributed by atoms with Crippen molar-refractivity contribution in [1.29, 1.82) is 0 Å². The number of hydrogen-bond donors (Lipinski definition) is 1. The van der Waals surface area contributed by atoms with Gasteiger partial charge in [-0.15, -0.1) is 11.3 Å². The molecular formula is C13H13NO4S. The van der Waals surface area contributed by atoms with Gasteiger partial charge in [-0.05, 0) is 30.0 Å². The molecule has 0 spiro atoms. The highest BCUT2D eigenvalue weighted by Gasteiger charge is 2.09. The average molecular weight is 279 g/mol. The first-order valence-electron chi connectivity index (χ1n) is 5.79. The zero-order valence-corrected chi connectivity index (χ0v) is 10.9. The number of hydrogen-bond acceptors (Lipinski definition) is 5. The molecule has 19 heavy (non-hydrogen) atoms. The van der Waals surface area contributed by atoms with Gasteiger partial charge in [0.05, 0.1) is 17.7 Å². The summed E-state index contributed by atoms with van der Waals surface area (Å²) in [6.07, 6.45) is 1.97. The number of ether oxygens (including phenoxy) is 1. The Bertz CT molecular complexity index is 471. The molecule has 2 aromatic rings. The average Bonchev–Trinajstić information content (AvgIpc) is 3.10. The fourth-order valence-electron chi connectivity index (χ4n) is 1.40. The molecule has 0 radical (unpaired) electrons. The van der Waals surface area contributed by atoms with E-state index in [1.165, 1.54) is 17.6 Å². The van der Waals surface area contributed by atoms with Gasteiger partial charge in [-0.3, -0.25) is 4.79 Å². The highest BCUT2D eigenvalue weighted by Crippen LogP contribution is 2.07. The molecule has 2 aromatic heterocycles. The maximum absolute atomic E-state index is 11.6. The summed E-state index contributed by atoms with van der Waals surface area (Å²) in [6, 6.07) is 6.75. The summed E-state index contributed by atoms with van der Waals surface area (Å²) in [5.74, 6) is -0.412. The lowest BCUT2D eigenvalue weighted by Gasteiger charge is -2.04. The van der Waals surface area contributed by atoms with Gasteiger partial charge >= 0.3 is 5.97 Å². The number of carbonyl (C=O) groups is 2. The molecule has 0 saturated heterocycles. The van der Waals surface area contributed by atoms with Crippen molar-refractivity contribution < 1.29 is 18.7 Å². The van der Waals surface area contributed by atoms with Crippen LogP contribution < -0.4 is 5.32 Å². The van der Waals surface area contributed by atoms with Gasteiger partial charge in [0.15, 0.2) is 0 Å². The Morgan fingerprint density at radius 3 is 2.89 bits per heavy atom. The summed E-state index contributed by atoms with van der Waals surface area (Å²) >= 11 is 1.39. The maximum Gasteiger partial charge on any atom is 0.374 e. The number of amides is 1. The first kappa shape index (κ1) is 13.4. The number of carbonyl (C=O) groups excluding carboxylic acids is 2. The molecule has 0 fully saturated rings. The van der Waals surface area contributed by atoms with Gasteiger partial charge in [0.2, 0.25) is 5.76 Å². The third kappa shape index (κ3) is 3.96. The van der Waals surface area contributed by atoms with Gasteiger partial charge < -0.3 is 14.5 Å². The second-order valence-electron chi connectivity index (χ2n) is 3.70. The number of nitrogens with one attached hydrogen (secondary N) is 1. The Balaban J connectivity index is 1.60. The molecule has 2 heterocycles. The normalized spacial score (nSPS) is 10.1. The van der Waals surface area contributed by atoms with E-state index < -0.39 is 5.97 Å².